The van der Waals surface area contributed by atoms with Gasteiger partial charge in [0.2, 0.25) is 0 Å². The van der Waals surface area contributed by atoms with E-state index in [-0.39, 0.29) is 18.2 Å². The maximum Gasteiger partial charge on any atom is 0.319 e. The van der Waals surface area contributed by atoms with Crippen LogP contribution in [0.5, 0.6) is 5.75 Å². The van der Waals surface area contributed by atoms with Gasteiger partial charge in [0.1, 0.15) is 11.9 Å². The van der Waals surface area contributed by atoms with Crippen LogP contribution in [-0.4, -0.2) is 36.6 Å². The summed E-state index contributed by atoms with van der Waals surface area (Å²) in [5.41, 5.74) is 1.81. The van der Waals surface area contributed by atoms with Crippen molar-refractivity contribution in [1.29, 1.82) is 0 Å². The molecule has 0 aromatic heterocycles. The number of nitrogens with zero attached hydrogens (tertiary/aromatic N) is 1. The van der Waals surface area contributed by atoms with Gasteiger partial charge in [0.15, 0.2) is 0 Å². The Kier molecular flexibility index (Phi) is 8.10. The Labute approximate surface area is 204 Å². The van der Waals surface area contributed by atoms with Crippen LogP contribution in [0.4, 0.5) is 10.5 Å². The summed E-state index contributed by atoms with van der Waals surface area (Å²) in [5.74, 6) is 0.759. The van der Waals surface area contributed by atoms with Crippen LogP contribution >= 0.6 is 23.2 Å². The first kappa shape index (κ1) is 23.4. The number of likely N-dealkylation sites (tertiary alicyclic amines) is 1. The topological polar surface area (TPSA) is 53.6 Å². The highest BCUT2D eigenvalue weighted by Crippen LogP contribution is 2.27. The number of urea groups is 1. The van der Waals surface area contributed by atoms with E-state index < -0.39 is 0 Å². The van der Waals surface area contributed by atoms with Gasteiger partial charge in [-0.15, -0.1) is 0 Å². The maximum atomic E-state index is 12.4. The van der Waals surface area contributed by atoms with E-state index in [0.29, 0.717) is 15.7 Å². The van der Waals surface area contributed by atoms with Crippen molar-refractivity contribution in [2.24, 2.45) is 0 Å². The van der Waals surface area contributed by atoms with E-state index in [4.69, 9.17) is 27.9 Å². The van der Waals surface area contributed by atoms with Gasteiger partial charge in [0.05, 0.1) is 0 Å². The number of carbonyl (C=O) groups is 1. The molecular weight excluding hydrogens is 457 g/mol. The minimum atomic E-state index is -0.212. The molecular formula is C26H27Cl2N3O2. The van der Waals surface area contributed by atoms with Gasteiger partial charge in [-0.05, 0) is 48.4 Å². The molecule has 0 aliphatic carbocycles. The summed E-state index contributed by atoms with van der Waals surface area (Å²) < 4.78 is 6.31. The van der Waals surface area contributed by atoms with Crippen molar-refractivity contribution in [3.05, 3.63) is 94.5 Å². The van der Waals surface area contributed by atoms with Gasteiger partial charge in [-0.2, -0.15) is 0 Å². The summed E-state index contributed by atoms with van der Waals surface area (Å²) >= 11 is 12.1. The molecule has 4 rings (SSSR count). The van der Waals surface area contributed by atoms with E-state index in [0.717, 1.165) is 43.8 Å². The number of rotatable bonds is 8. The summed E-state index contributed by atoms with van der Waals surface area (Å²) in [6.45, 7) is 2.61. The molecule has 7 heteroatoms. The molecule has 3 aromatic carbocycles. The van der Waals surface area contributed by atoms with Gasteiger partial charge >= 0.3 is 6.03 Å². The monoisotopic (exact) mass is 483 g/mol. The van der Waals surface area contributed by atoms with Crippen molar-refractivity contribution in [3.8, 4) is 5.75 Å². The summed E-state index contributed by atoms with van der Waals surface area (Å²) in [7, 11) is 0. The number of amides is 2. The van der Waals surface area contributed by atoms with Crippen molar-refractivity contribution in [3.63, 3.8) is 0 Å². The van der Waals surface area contributed by atoms with Crippen LogP contribution in [0.3, 0.4) is 0 Å². The highest BCUT2D eigenvalue weighted by molar-refractivity contribution is 6.31. The number of anilines is 1. The molecule has 2 amide bonds. The number of halogens is 2. The Bertz CT molecular complexity index is 1060. The largest absolute Gasteiger partial charge is 0.486 e. The normalized spacial score (nSPS) is 16.8. The average Bonchev–Trinajstić information content (AvgIpc) is 3.24. The SMILES string of the molecule is O=C(Nc1cccc(Cl)c1)N[C@H]1CCN(CCC(Oc2cccc(Cl)c2)c2ccccc2)C1. The molecule has 1 fully saturated rings. The number of carbonyl (C=O) groups excluding carboxylic acids is 1. The second kappa shape index (κ2) is 11.4. The lowest BCUT2D eigenvalue weighted by molar-refractivity contribution is 0.172. The summed E-state index contributed by atoms with van der Waals surface area (Å²) in [4.78, 5) is 14.7. The van der Waals surface area contributed by atoms with Crippen molar-refractivity contribution < 1.29 is 9.53 Å². The molecule has 1 heterocycles. The van der Waals surface area contributed by atoms with Crippen LogP contribution in [0.1, 0.15) is 24.5 Å². The van der Waals surface area contributed by atoms with E-state index in [1.54, 1.807) is 12.1 Å². The molecule has 1 saturated heterocycles. The molecule has 172 valence electrons. The van der Waals surface area contributed by atoms with Crippen LogP contribution in [0.2, 0.25) is 10.0 Å². The molecule has 0 bridgehead atoms. The Morgan fingerprint density at radius 1 is 1.00 bits per heavy atom. The van der Waals surface area contributed by atoms with Gasteiger partial charge in [0, 0.05) is 47.8 Å². The van der Waals surface area contributed by atoms with E-state index in [1.807, 2.05) is 54.6 Å². The third-order valence-electron chi connectivity index (χ3n) is 5.64. The second-order valence-corrected chi connectivity index (χ2v) is 9.03. The van der Waals surface area contributed by atoms with Crippen LogP contribution in [0.15, 0.2) is 78.9 Å². The van der Waals surface area contributed by atoms with Crippen molar-refractivity contribution in [1.82, 2.24) is 10.2 Å². The summed E-state index contributed by atoms with van der Waals surface area (Å²) in [6.07, 6.45) is 1.66. The first-order chi connectivity index (χ1) is 16.0. The van der Waals surface area contributed by atoms with E-state index in [2.05, 4.69) is 27.7 Å². The maximum absolute atomic E-state index is 12.4. The molecule has 1 aliphatic heterocycles. The fourth-order valence-corrected chi connectivity index (χ4v) is 4.41. The molecule has 3 aromatic rings. The summed E-state index contributed by atoms with van der Waals surface area (Å²) in [6, 6.07) is 24.8. The number of ether oxygens (including phenoxy) is 1. The number of hydrogen-bond acceptors (Lipinski definition) is 3. The van der Waals surface area contributed by atoms with E-state index in [1.165, 1.54) is 0 Å². The van der Waals surface area contributed by atoms with Crippen LogP contribution < -0.4 is 15.4 Å². The fraction of sp³-hybridized carbons (Fsp3) is 0.269. The van der Waals surface area contributed by atoms with Gasteiger partial charge in [-0.1, -0.05) is 65.7 Å². The average molecular weight is 484 g/mol. The molecule has 1 unspecified atom stereocenters. The minimum Gasteiger partial charge on any atom is -0.486 e. The third-order valence-corrected chi connectivity index (χ3v) is 6.11. The van der Waals surface area contributed by atoms with Crippen molar-refractivity contribution >= 4 is 34.9 Å². The smallest absolute Gasteiger partial charge is 0.319 e. The minimum absolute atomic E-state index is 0.0807. The van der Waals surface area contributed by atoms with E-state index >= 15 is 0 Å². The predicted molar refractivity (Wildman–Crippen MR) is 134 cm³/mol. The lowest BCUT2D eigenvalue weighted by Crippen LogP contribution is -2.39. The van der Waals surface area contributed by atoms with Gasteiger partial charge in [0.25, 0.3) is 0 Å². The van der Waals surface area contributed by atoms with Crippen LogP contribution in [0.25, 0.3) is 0 Å². The predicted octanol–water partition coefficient (Wildman–Crippen LogP) is 6.40. The second-order valence-electron chi connectivity index (χ2n) is 8.16. The van der Waals surface area contributed by atoms with Gasteiger partial charge < -0.3 is 20.3 Å². The zero-order chi connectivity index (χ0) is 23.0. The standard InChI is InChI=1S/C26H27Cl2N3O2/c27-20-8-4-10-22(16-20)29-26(32)30-23-12-14-31(18-23)15-13-25(19-6-2-1-3-7-19)33-24-11-5-9-21(28)17-24/h1-11,16-17,23,25H,12-15,18H2,(H2,29,30,32)/t23-,25?/m0/s1. The van der Waals surface area contributed by atoms with Crippen LogP contribution in [0, 0.1) is 0 Å². The highest BCUT2D eigenvalue weighted by atomic mass is 35.5. The molecule has 0 saturated carbocycles. The molecule has 5 nitrogen and oxygen atoms in total. The molecule has 0 spiro atoms. The lowest BCUT2D eigenvalue weighted by Gasteiger charge is -2.23. The molecule has 1 aliphatic rings. The quantitative estimate of drug-likeness (QED) is 0.389. The van der Waals surface area contributed by atoms with Crippen molar-refractivity contribution in [2.45, 2.75) is 25.0 Å². The molecule has 2 atom stereocenters. The molecule has 0 radical (unpaired) electrons. The van der Waals surface area contributed by atoms with Crippen molar-refractivity contribution in [2.75, 3.05) is 25.0 Å². The van der Waals surface area contributed by atoms with Crippen LogP contribution in [-0.2, 0) is 0 Å². The number of nitrogens with one attached hydrogen (secondary N) is 2. The first-order valence-electron chi connectivity index (χ1n) is 11.1. The fourth-order valence-electron chi connectivity index (χ4n) is 4.04. The van der Waals surface area contributed by atoms with Gasteiger partial charge in [-0.3, -0.25) is 0 Å². The zero-order valence-corrected chi connectivity index (χ0v) is 19.7. The first-order valence-corrected chi connectivity index (χ1v) is 11.8. The van der Waals surface area contributed by atoms with E-state index in [9.17, 15) is 4.79 Å². The lowest BCUT2D eigenvalue weighted by atomic mass is 10.1. The highest BCUT2D eigenvalue weighted by Gasteiger charge is 2.25. The Hall–Kier alpha value is -2.73. The number of benzene rings is 3. The zero-order valence-electron chi connectivity index (χ0n) is 18.2. The Morgan fingerprint density at radius 2 is 1.76 bits per heavy atom. The Morgan fingerprint density at radius 3 is 2.52 bits per heavy atom. The molecule has 33 heavy (non-hydrogen) atoms. The summed E-state index contributed by atoms with van der Waals surface area (Å²) in [5, 5.41) is 7.15. The number of hydrogen-bond donors (Lipinski definition) is 2. The van der Waals surface area contributed by atoms with Gasteiger partial charge in [-0.25, -0.2) is 4.79 Å². The third kappa shape index (κ3) is 7.13. The molecule has 2 N–H and O–H groups in total. The Balaban J connectivity index is 1.30.